The summed E-state index contributed by atoms with van der Waals surface area (Å²) in [5.41, 5.74) is 15.6. The van der Waals surface area contributed by atoms with Gasteiger partial charge in [0.15, 0.2) is 0 Å². The summed E-state index contributed by atoms with van der Waals surface area (Å²) >= 11 is 0. The summed E-state index contributed by atoms with van der Waals surface area (Å²) in [6.07, 6.45) is 9.17. The molecule has 0 fully saturated rings. The van der Waals surface area contributed by atoms with Gasteiger partial charge in [0.25, 0.3) is 0 Å². The number of nitrogens with zero attached hydrogens (tertiary/aromatic N) is 1. The maximum absolute atomic E-state index is 6.92. The lowest BCUT2D eigenvalue weighted by atomic mass is 9.69. The third-order valence-corrected chi connectivity index (χ3v) is 13.2. The molecule has 0 aliphatic heterocycles. The first-order valence-corrected chi connectivity index (χ1v) is 20.9. The molecule has 2 aromatic heterocycles. The van der Waals surface area contributed by atoms with E-state index >= 15 is 0 Å². The van der Waals surface area contributed by atoms with Gasteiger partial charge in [0.05, 0.1) is 16.7 Å². The summed E-state index contributed by atoms with van der Waals surface area (Å²) in [5, 5.41) is 9.81. The number of hydrogen-bond acceptors (Lipinski definition) is 1. The van der Waals surface area contributed by atoms with Gasteiger partial charge in [-0.25, -0.2) is 0 Å². The predicted octanol–water partition coefficient (Wildman–Crippen LogP) is 15.5. The number of furan rings is 1. The number of rotatable bonds is 4. The minimum atomic E-state index is 0.102. The average molecular weight is 764 g/mol. The zero-order chi connectivity index (χ0) is 39.3. The van der Waals surface area contributed by atoms with Crippen LogP contribution in [0, 0.1) is 5.92 Å². The van der Waals surface area contributed by atoms with Crippen LogP contribution >= 0.6 is 0 Å². The fourth-order valence-corrected chi connectivity index (χ4v) is 10.8. The molecule has 2 heterocycles. The molecule has 0 amide bonds. The molecule has 2 heteroatoms. The Balaban J connectivity index is 1.02. The van der Waals surface area contributed by atoms with Crippen LogP contribution in [0.15, 0.2) is 222 Å². The van der Waals surface area contributed by atoms with Gasteiger partial charge in [-0.05, 0) is 84.8 Å². The molecule has 2 nitrogen and oxygen atoms in total. The minimum absolute atomic E-state index is 0.102. The van der Waals surface area contributed by atoms with E-state index in [2.05, 4.69) is 217 Å². The molecule has 2 aliphatic carbocycles. The van der Waals surface area contributed by atoms with Crippen molar-refractivity contribution in [2.75, 3.05) is 0 Å². The number of fused-ring (bicyclic) bond motifs is 10. The molecule has 0 saturated carbocycles. The van der Waals surface area contributed by atoms with Crippen molar-refractivity contribution in [2.45, 2.75) is 5.92 Å². The van der Waals surface area contributed by atoms with E-state index in [1.165, 1.54) is 93.6 Å². The van der Waals surface area contributed by atoms with Gasteiger partial charge in [0.1, 0.15) is 11.2 Å². The Bertz CT molecular complexity index is 3560. The van der Waals surface area contributed by atoms with Gasteiger partial charge in [0.2, 0.25) is 0 Å². The lowest BCUT2D eigenvalue weighted by Gasteiger charge is -2.37. The largest absolute Gasteiger partial charge is 0.456 e. The minimum Gasteiger partial charge on any atom is -0.456 e. The molecular formula is C58H37NO. The molecule has 60 heavy (non-hydrogen) atoms. The first-order chi connectivity index (χ1) is 29.8. The van der Waals surface area contributed by atoms with E-state index in [0.29, 0.717) is 0 Å². The second kappa shape index (κ2) is 12.9. The molecule has 0 N–H and O–H groups in total. The maximum atomic E-state index is 6.92. The van der Waals surface area contributed by atoms with Crippen molar-refractivity contribution in [2.24, 2.45) is 5.92 Å². The summed E-state index contributed by atoms with van der Waals surface area (Å²) in [6.45, 7) is 0. The lowest BCUT2D eigenvalue weighted by Crippen LogP contribution is -2.24. The summed E-state index contributed by atoms with van der Waals surface area (Å²) in [7, 11) is 0. The first-order valence-electron chi connectivity index (χ1n) is 20.9. The third kappa shape index (κ3) is 4.70. The third-order valence-electron chi connectivity index (χ3n) is 13.2. The highest BCUT2D eigenvalue weighted by Crippen LogP contribution is 2.52. The Hall–Kier alpha value is -7.68. The summed E-state index contributed by atoms with van der Waals surface area (Å²) < 4.78 is 9.42. The van der Waals surface area contributed by atoms with Gasteiger partial charge in [-0.3, -0.25) is 0 Å². The van der Waals surface area contributed by atoms with Gasteiger partial charge >= 0.3 is 0 Å². The standard InChI is InChI=1S/C58H37NO/c1-2-17-36(18-3-1)54-40-21-4-6-23-42(40)56(43-24-7-5-22-41(43)54)49-29-16-32-52-57(49)48-34-33-37(35-53(48)60-52)55-44-25-8-10-27-46(44)58(47-28-11-9-26-45(47)55)59-50-30-14-12-19-38(50)39-20-13-15-31-51(39)59/h1-35,44,55H. The lowest BCUT2D eigenvalue weighted by molar-refractivity contribution is 0.638. The Morgan fingerprint density at radius 1 is 0.433 bits per heavy atom. The highest BCUT2D eigenvalue weighted by Gasteiger charge is 2.37. The van der Waals surface area contributed by atoms with Crippen molar-refractivity contribution in [1.29, 1.82) is 0 Å². The number of allylic oxidation sites excluding steroid dienone is 5. The molecule has 2 aliphatic rings. The highest BCUT2D eigenvalue weighted by atomic mass is 16.3. The summed E-state index contributed by atoms with van der Waals surface area (Å²) in [4.78, 5) is 0. The molecule has 13 rings (SSSR count). The van der Waals surface area contributed by atoms with Crippen LogP contribution in [-0.2, 0) is 0 Å². The predicted molar refractivity (Wildman–Crippen MR) is 251 cm³/mol. The number of hydrogen-bond donors (Lipinski definition) is 0. The Morgan fingerprint density at radius 2 is 1.03 bits per heavy atom. The van der Waals surface area contributed by atoms with Crippen LogP contribution < -0.4 is 0 Å². The van der Waals surface area contributed by atoms with E-state index in [4.69, 9.17) is 4.42 Å². The maximum Gasteiger partial charge on any atom is 0.136 e. The molecule has 11 aromatic rings. The van der Waals surface area contributed by atoms with Gasteiger partial charge in [-0.15, -0.1) is 0 Å². The Kier molecular flexibility index (Phi) is 7.17. The topological polar surface area (TPSA) is 18.1 Å². The van der Waals surface area contributed by atoms with E-state index in [9.17, 15) is 0 Å². The average Bonchev–Trinajstić information content (AvgIpc) is 3.86. The van der Waals surface area contributed by atoms with Crippen LogP contribution in [-0.4, -0.2) is 4.57 Å². The molecule has 9 aromatic carbocycles. The smallest absolute Gasteiger partial charge is 0.136 e. The molecule has 2 unspecified atom stereocenters. The van der Waals surface area contributed by atoms with Crippen molar-refractivity contribution in [3.63, 3.8) is 0 Å². The number of para-hydroxylation sites is 2. The molecule has 0 saturated heterocycles. The normalized spacial score (nSPS) is 16.1. The van der Waals surface area contributed by atoms with Crippen LogP contribution in [0.2, 0.25) is 0 Å². The SMILES string of the molecule is C1=CC2=C(n3c4ccccc4c4ccccc43)c3ccccc3C(c3ccc4c(c3)oc3cccc(-c5c6ccccc6c(-c6ccccc6)c6ccccc56)c34)C2C=C1. The van der Waals surface area contributed by atoms with Crippen molar-refractivity contribution in [1.82, 2.24) is 4.57 Å². The highest BCUT2D eigenvalue weighted by molar-refractivity contribution is 6.25. The van der Waals surface area contributed by atoms with Gasteiger partial charge in [-0.1, -0.05) is 188 Å². The number of benzene rings is 9. The van der Waals surface area contributed by atoms with Crippen molar-refractivity contribution >= 4 is 71.0 Å². The van der Waals surface area contributed by atoms with Crippen molar-refractivity contribution < 1.29 is 4.42 Å². The monoisotopic (exact) mass is 763 g/mol. The van der Waals surface area contributed by atoms with Crippen LogP contribution in [0.3, 0.4) is 0 Å². The molecule has 2 atom stereocenters. The fourth-order valence-electron chi connectivity index (χ4n) is 10.8. The van der Waals surface area contributed by atoms with E-state index in [1.54, 1.807) is 0 Å². The summed E-state index contributed by atoms with van der Waals surface area (Å²) in [5.74, 6) is 0.239. The molecule has 0 spiro atoms. The molecule has 280 valence electrons. The summed E-state index contributed by atoms with van der Waals surface area (Å²) in [6, 6.07) is 68.9. The van der Waals surface area contributed by atoms with Crippen LogP contribution in [0.5, 0.6) is 0 Å². The van der Waals surface area contributed by atoms with Gasteiger partial charge in [-0.2, -0.15) is 0 Å². The van der Waals surface area contributed by atoms with Gasteiger partial charge in [0, 0.05) is 38.9 Å². The molecular weight excluding hydrogens is 727 g/mol. The van der Waals surface area contributed by atoms with Crippen LogP contribution in [0.4, 0.5) is 0 Å². The number of aromatic nitrogens is 1. The van der Waals surface area contributed by atoms with E-state index in [0.717, 1.165) is 21.9 Å². The van der Waals surface area contributed by atoms with E-state index in [1.807, 2.05) is 0 Å². The van der Waals surface area contributed by atoms with E-state index < -0.39 is 0 Å². The Morgan fingerprint density at radius 3 is 1.75 bits per heavy atom. The quantitative estimate of drug-likeness (QED) is 0.163. The Labute approximate surface area is 347 Å². The second-order valence-electron chi connectivity index (χ2n) is 16.3. The van der Waals surface area contributed by atoms with Crippen LogP contribution in [0.1, 0.15) is 22.6 Å². The second-order valence-corrected chi connectivity index (χ2v) is 16.3. The first kappa shape index (κ1) is 33.3. The zero-order valence-electron chi connectivity index (χ0n) is 32.7. The zero-order valence-corrected chi connectivity index (χ0v) is 32.7. The van der Waals surface area contributed by atoms with Crippen molar-refractivity contribution in [3.05, 3.63) is 235 Å². The molecule has 0 radical (unpaired) electrons. The van der Waals surface area contributed by atoms with E-state index in [-0.39, 0.29) is 11.8 Å². The van der Waals surface area contributed by atoms with Crippen molar-refractivity contribution in [3.8, 4) is 22.3 Å². The molecule has 0 bridgehead atoms. The van der Waals surface area contributed by atoms with Gasteiger partial charge < -0.3 is 8.98 Å². The fraction of sp³-hybridized carbons (Fsp3) is 0.0345. The van der Waals surface area contributed by atoms with Crippen LogP contribution in [0.25, 0.3) is 93.2 Å².